The Morgan fingerprint density at radius 1 is 0.957 bits per heavy atom. The Kier molecular flexibility index (Phi) is 7.80. The minimum Gasteiger partial charge on any atom is -1.00 e. The molecule has 2 amide bonds. The van der Waals surface area contributed by atoms with Gasteiger partial charge in [-0.1, -0.05) is 48.5 Å². The van der Waals surface area contributed by atoms with Crippen LogP contribution in [0.2, 0.25) is 0 Å². The Bertz CT molecular complexity index is 620. The van der Waals surface area contributed by atoms with Gasteiger partial charge in [0.2, 0.25) is 0 Å². The highest BCUT2D eigenvalue weighted by Crippen LogP contribution is 2.11. The van der Waals surface area contributed by atoms with Crippen LogP contribution in [0.5, 0.6) is 0 Å². The average molecular weight is 334 g/mol. The molecule has 5 N–H and O–H groups in total. The lowest BCUT2D eigenvalue weighted by Gasteiger charge is -2.19. The van der Waals surface area contributed by atoms with E-state index < -0.39 is 0 Å². The molecule has 0 spiro atoms. The Morgan fingerprint density at radius 3 is 2.09 bits per heavy atom. The highest BCUT2D eigenvalue weighted by Gasteiger charge is 2.16. The number of nitrogens with one attached hydrogen (secondary N) is 2. The molecule has 0 saturated heterocycles. The molecule has 0 heterocycles. The predicted octanol–water partition coefficient (Wildman–Crippen LogP) is -2.48. The minimum atomic E-state index is -0.275. The standard InChI is InChI=1S/C17H19N3O2.ClH/c18-11-16(21)20-15(13-7-3-1-4-8-13)12-19-17(22)14-9-5-2-6-10-14;/h1-10,15H,11-12,18H2,(H,19,22)(H,20,21);1H/t15-;/m1./s1. The second kappa shape index (κ2) is 9.61. The van der Waals surface area contributed by atoms with Gasteiger partial charge in [0.1, 0.15) is 0 Å². The van der Waals surface area contributed by atoms with Crippen LogP contribution in [0.1, 0.15) is 22.0 Å². The highest BCUT2D eigenvalue weighted by atomic mass is 35.5. The van der Waals surface area contributed by atoms with Crippen molar-refractivity contribution in [3.8, 4) is 0 Å². The summed E-state index contributed by atoms with van der Waals surface area (Å²) >= 11 is 0. The van der Waals surface area contributed by atoms with Gasteiger partial charge < -0.3 is 28.8 Å². The molecule has 0 bridgehead atoms. The fourth-order valence-electron chi connectivity index (χ4n) is 2.09. The molecule has 0 saturated carbocycles. The summed E-state index contributed by atoms with van der Waals surface area (Å²) in [7, 11) is 0. The molecule has 0 unspecified atom stereocenters. The molecule has 0 radical (unpaired) electrons. The summed E-state index contributed by atoms with van der Waals surface area (Å²) in [6.45, 7) is 0.486. The number of carbonyl (C=O) groups is 2. The molecule has 2 rings (SSSR count). The largest absolute Gasteiger partial charge is 1.00 e. The minimum absolute atomic E-state index is 0. The van der Waals surface area contributed by atoms with E-state index >= 15 is 0 Å². The van der Waals surface area contributed by atoms with Crippen LogP contribution in [0, 0.1) is 0 Å². The van der Waals surface area contributed by atoms with Crippen molar-refractivity contribution < 1.29 is 27.7 Å². The molecule has 0 aliphatic rings. The van der Waals surface area contributed by atoms with E-state index in [9.17, 15) is 9.59 Å². The van der Waals surface area contributed by atoms with Gasteiger partial charge in [0.15, 0.2) is 6.54 Å². The fraction of sp³-hybridized carbons (Fsp3) is 0.176. The summed E-state index contributed by atoms with van der Waals surface area (Å²) in [4.78, 5) is 23.7. The van der Waals surface area contributed by atoms with Gasteiger partial charge in [0, 0.05) is 12.1 Å². The molecular formula is C17H20ClN3O2. The summed E-state index contributed by atoms with van der Waals surface area (Å²) < 4.78 is 0. The van der Waals surface area contributed by atoms with Crippen LogP contribution in [0.3, 0.4) is 0 Å². The van der Waals surface area contributed by atoms with Gasteiger partial charge in [-0.2, -0.15) is 0 Å². The van der Waals surface area contributed by atoms with Gasteiger partial charge in [0.05, 0.1) is 6.04 Å². The third kappa shape index (κ3) is 5.73. The lowest BCUT2D eigenvalue weighted by Crippen LogP contribution is -3.00. The number of benzene rings is 2. The Morgan fingerprint density at radius 2 is 1.52 bits per heavy atom. The van der Waals surface area contributed by atoms with Crippen molar-refractivity contribution in [1.29, 1.82) is 0 Å². The highest BCUT2D eigenvalue weighted by molar-refractivity contribution is 5.94. The van der Waals surface area contributed by atoms with Crippen LogP contribution in [0.15, 0.2) is 60.7 Å². The molecule has 0 aliphatic heterocycles. The van der Waals surface area contributed by atoms with Gasteiger partial charge in [-0.05, 0) is 17.7 Å². The number of hydrogen-bond acceptors (Lipinski definition) is 2. The summed E-state index contributed by atoms with van der Waals surface area (Å²) in [5, 5.41) is 5.73. The van der Waals surface area contributed by atoms with Crippen LogP contribution in [0.4, 0.5) is 0 Å². The van der Waals surface area contributed by atoms with E-state index in [1.165, 1.54) is 0 Å². The number of halogens is 1. The van der Waals surface area contributed by atoms with Gasteiger partial charge in [-0.3, -0.25) is 9.59 Å². The van der Waals surface area contributed by atoms with Crippen molar-refractivity contribution in [2.75, 3.05) is 13.1 Å². The van der Waals surface area contributed by atoms with Gasteiger partial charge in [-0.15, -0.1) is 0 Å². The SMILES string of the molecule is [Cl-].[NH3+]CC(=O)N[C@H](CNC(=O)c1ccccc1)c1ccccc1. The molecule has 1 atom stereocenters. The summed E-state index contributed by atoms with van der Waals surface area (Å²) in [5.74, 6) is -0.312. The first-order valence-electron chi connectivity index (χ1n) is 7.17. The number of rotatable bonds is 6. The van der Waals surface area contributed by atoms with Gasteiger partial charge >= 0.3 is 0 Å². The van der Waals surface area contributed by atoms with Crippen LogP contribution in [-0.4, -0.2) is 24.9 Å². The Labute approximate surface area is 141 Å². The van der Waals surface area contributed by atoms with Crippen molar-refractivity contribution in [3.63, 3.8) is 0 Å². The maximum absolute atomic E-state index is 12.1. The second-order valence-corrected chi connectivity index (χ2v) is 4.86. The maximum atomic E-state index is 12.1. The molecule has 0 aromatic heterocycles. The first-order valence-corrected chi connectivity index (χ1v) is 7.17. The fourth-order valence-corrected chi connectivity index (χ4v) is 2.09. The normalized spacial score (nSPS) is 11.0. The van der Waals surface area contributed by atoms with E-state index in [1.807, 2.05) is 48.5 Å². The van der Waals surface area contributed by atoms with Crippen molar-refractivity contribution in [1.82, 2.24) is 10.6 Å². The third-order valence-corrected chi connectivity index (χ3v) is 3.27. The van der Waals surface area contributed by atoms with Gasteiger partial charge in [-0.25, -0.2) is 0 Å². The maximum Gasteiger partial charge on any atom is 0.275 e. The first kappa shape index (κ1) is 18.7. The summed E-state index contributed by atoms with van der Waals surface area (Å²) in [6.07, 6.45) is 0. The Balaban J connectivity index is 0.00000264. The van der Waals surface area contributed by atoms with Crippen molar-refractivity contribution in [2.24, 2.45) is 0 Å². The zero-order chi connectivity index (χ0) is 15.8. The number of carbonyl (C=O) groups excluding carboxylic acids is 2. The number of amides is 2. The van der Waals surface area contributed by atoms with Crippen molar-refractivity contribution in [2.45, 2.75) is 6.04 Å². The topological polar surface area (TPSA) is 85.8 Å². The van der Waals surface area contributed by atoms with Gasteiger partial charge in [0.25, 0.3) is 11.8 Å². The van der Waals surface area contributed by atoms with Crippen LogP contribution < -0.4 is 28.8 Å². The molecule has 2 aromatic rings. The zero-order valence-electron chi connectivity index (χ0n) is 12.7. The summed E-state index contributed by atoms with van der Waals surface area (Å²) in [5.41, 5.74) is 5.11. The number of hydrogen-bond donors (Lipinski definition) is 3. The smallest absolute Gasteiger partial charge is 0.275 e. The van der Waals surface area contributed by atoms with E-state index in [1.54, 1.807) is 12.1 Å². The van der Waals surface area contributed by atoms with Crippen LogP contribution >= 0.6 is 0 Å². The van der Waals surface area contributed by atoms with Crippen molar-refractivity contribution in [3.05, 3.63) is 71.8 Å². The van der Waals surface area contributed by atoms with E-state index in [4.69, 9.17) is 0 Å². The van der Waals surface area contributed by atoms with Crippen LogP contribution in [0.25, 0.3) is 0 Å². The monoisotopic (exact) mass is 333 g/mol. The predicted molar refractivity (Wildman–Crippen MR) is 83.9 cm³/mol. The lowest BCUT2D eigenvalue weighted by atomic mass is 10.1. The molecule has 2 aromatic carbocycles. The molecule has 23 heavy (non-hydrogen) atoms. The lowest BCUT2D eigenvalue weighted by molar-refractivity contribution is -0.355. The Hall–Kier alpha value is -2.37. The van der Waals surface area contributed by atoms with E-state index in [-0.39, 0.29) is 36.8 Å². The van der Waals surface area contributed by atoms with E-state index in [0.29, 0.717) is 12.1 Å². The second-order valence-electron chi connectivity index (χ2n) is 4.86. The van der Waals surface area contributed by atoms with E-state index in [0.717, 1.165) is 5.56 Å². The first-order chi connectivity index (χ1) is 10.7. The van der Waals surface area contributed by atoms with Crippen LogP contribution in [-0.2, 0) is 4.79 Å². The quantitative estimate of drug-likeness (QED) is 0.547. The average Bonchev–Trinajstić information content (AvgIpc) is 2.59. The molecule has 0 fully saturated rings. The molecular weight excluding hydrogens is 314 g/mol. The molecule has 6 heteroatoms. The zero-order valence-corrected chi connectivity index (χ0v) is 13.4. The van der Waals surface area contributed by atoms with Crippen molar-refractivity contribution >= 4 is 11.8 Å². The summed E-state index contributed by atoms with van der Waals surface area (Å²) in [6, 6.07) is 18.3. The molecule has 5 nitrogen and oxygen atoms in total. The number of quaternary nitrogens is 1. The third-order valence-electron chi connectivity index (χ3n) is 3.27. The van der Waals surface area contributed by atoms with E-state index in [2.05, 4.69) is 16.4 Å². The molecule has 0 aliphatic carbocycles. The molecule has 122 valence electrons.